The molecule has 1 unspecified atom stereocenters. The number of rotatable bonds is 6. The van der Waals surface area contributed by atoms with E-state index in [2.05, 4.69) is 33.4 Å². The zero-order chi connectivity index (χ0) is 12.3. The van der Waals surface area contributed by atoms with E-state index in [9.17, 15) is 5.11 Å². The number of hydrogen-bond donors (Lipinski definition) is 2. The first kappa shape index (κ1) is 13.4. The van der Waals surface area contributed by atoms with Gasteiger partial charge in [0.25, 0.3) is 0 Å². The van der Waals surface area contributed by atoms with Crippen LogP contribution >= 0.6 is 27.7 Å². The molecule has 17 heavy (non-hydrogen) atoms. The molecule has 1 aromatic rings. The molecule has 1 aliphatic rings. The monoisotopic (exact) mass is 315 g/mol. The van der Waals surface area contributed by atoms with Crippen LogP contribution in [0.25, 0.3) is 0 Å². The van der Waals surface area contributed by atoms with Gasteiger partial charge in [0.05, 0.1) is 12.1 Å². The second-order valence-corrected chi connectivity index (χ2v) is 6.43. The Morgan fingerprint density at radius 2 is 2.18 bits per heavy atom. The van der Waals surface area contributed by atoms with Crippen LogP contribution < -0.4 is 5.32 Å². The lowest BCUT2D eigenvalue weighted by Gasteiger charge is -2.31. The first-order valence-corrected chi connectivity index (χ1v) is 7.67. The molecule has 0 aliphatic heterocycles. The second-order valence-electron chi connectivity index (χ2n) is 4.56. The summed E-state index contributed by atoms with van der Waals surface area (Å²) in [5.74, 6) is 1.54. The van der Waals surface area contributed by atoms with E-state index in [1.165, 1.54) is 17.7 Å². The van der Waals surface area contributed by atoms with Gasteiger partial charge in [-0.1, -0.05) is 12.1 Å². The zero-order valence-corrected chi connectivity index (χ0v) is 12.4. The van der Waals surface area contributed by atoms with Crippen LogP contribution in [-0.4, -0.2) is 30.1 Å². The lowest BCUT2D eigenvalue weighted by Crippen LogP contribution is -2.51. The van der Waals surface area contributed by atoms with Gasteiger partial charge in [-0.3, -0.25) is 0 Å². The number of halogens is 1. The molecule has 1 aromatic carbocycles. The Kier molecular flexibility index (Phi) is 4.53. The van der Waals surface area contributed by atoms with Gasteiger partial charge < -0.3 is 10.4 Å². The van der Waals surface area contributed by atoms with Crippen molar-refractivity contribution in [2.45, 2.75) is 23.3 Å². The van der Waals surface area contributed by atoms with Gasteiger partial charge in [-0.25, -0.2) is 0 Å². The van der Waals surface area contributed by atoms with Crippen molar-refractivity contribution >= 4 is 27.7 Å². The van der Waals surface area contributed by atoms with Gasteiger partial charge in [0, 0.05) is 15.1 Å². The number of likely N-dealkylation sites (N-methyl/N-ethyl adjacent to an activating group) is 1. The molecule has 0 heterocycles. The molecular weight excluding hydrogens is 298 g/mol. The molecule has 2 N–H and O–H groups in total. The fourth-order valence-corrected chi connectivity index (χ4v) is 3.95. The Balaban J connectivity index is 2.02. The summed E-state index contributed by atoms with van der Waals surface area (Å²) in [5, 5.41) is 13.0. The van der Waals surface area contributed by atoms with Gasteiger partial charge >= 0.3 is 0 Å². The summed E-state index contributed by atoms with van der Waals surface area (Å²) in [6.07, 6.45) is 2.47. The standard InChI is InChI=1S/C13H18BrNOS/c1-15-13(8-16,10-6-7-10)9-17-12-5-3-2-4-11(12)14/h2-5,10,15-16H,6-9H2,1H3. The summed E-state index contributed by atoms with van der Waals surface area (Å²) in [4.78, 5) is 1.24. The normalized spacial score (nSPS) is 19.0. The van der Waals surface area contributed by atoms with Crippen molar-refractivity contribution < 1.29 is 5.11 Å². The first-order valence-electron chi connectivity index (χ1n) is 5.89. The summed E-state index contributed by atoms with van der Waals surface area (Å²) in [6.45, 7) is 0.214. The number of hydrogen-bond acceptors (Lipinski definition) is 3. The molecule has 2 nitrogen and oxygen atoms in total. The number of thioether (sulfide) groups is 1. The number of aliphatic hydroxyl groups excluding tert-OH is 1. The third-order valence-electron chi connectivity index (χ3n) is 3.46. The third-order valence-corrected chi connectivity index (χ3v) is 5.74. The summed E-state index contributed by atoms with van der Waals surface area (Å²) < 4.78 is 1.13. The first-order chi connectivity index (χ1) is 8.22. The SMILES string of the molecule is CNC(CO)(CSc1ccccc1Br)C1CC1. The molecule has 0 spiro atoms. The van der Waals surface area contributed by atoms with Crippen LogP contribution in [0.5, 0.6) is 0 Å². The van der Waals surface area contributed by atoms with Crippen molar-refractivity contribution in [3.05, 3.63) is 28.7 Å². The molecule has 2 rings (SSSR count). The highest BCUT2D eigenvalue weighted by Crippen LogP contribution is 2.42. The molecule has 1 saturated carbocycles. The van der Waals surface area contributed by atoms with Gasteiger partial charge in [0.2, 0.25) is 0 Å². The topological polar surface area (TPSA) is 32.3 Å². The second kappa shape index (κ2) is 5.74. The minimum absolute atomic E-state index is 0.111. The van der Waals surface area contributed by atoms with E-state index in [1.54, 1.807) is 11.8 Å². The average molecular weight is 316 g/mol. The van der Waals surface area contributed by atoms with Gasteiger partial charge in [0.1, 0.15) is 0 Å². The largest absolute Gasteiger partial charge is 0.394 e. The highest BCUT2D eigenvalue weighted by molar-refractivity contribution is 9.10. The maximum Gasteiger partial charge on any atom is 0.0624 e. The van der Waals surface area contributed by atoms with Crippen molar-refractivity contribution in [2.75, 3.05) is 19.4 Å². The van der Waals surface area contributed by atoms with Crippen LogP contribution in [-0.2, 0) is 0 Å². The molecule has 1 aliphatic carbocycles. The molecule has 0 aromatic heterocycles. The van der Waals surface area contributed by atoms with E-state index in [1.807, 2.05) is 19.2 Å². The number of benzene rings is 1. The molecular formula is C13H18BrNOS. The summed E-state index contributed by atoms with van der Waals surface area (Å²) in [6, 6.07) is 8.23. The van der Waals surface area contributed by atoms with Gasteiger partial charge in [0.15, 0.2) is 0 Å². The van der Waals surface area contributed by atoms with Crippen LogP contribution in [0, 0.1) is 5.92 Å². The Labute approximate surface area is 115 Å². The van der Waals surface area contributed by atoms with Crippen LogP contribution in [0.3, 0.4) is 0 Å². The van der Waals surface area contributed by atoms with Crippen molar-refractivity contribution in [2.24, 2.45) is 5.92 Å². The Bertz CT molecular complexity index is 377. The lowest BCUT2D eigenvalue weighted by atomic mass is 9.97. The highest BCUT2D eigenvalue weighted by atomic mass is 79.9. The number of aliphatic hydroxyl groups is 1. The predicted molar refractivity (Wildman–Crippen MR) is 76.5 cm³/mol. The number of nitrogens with one attached hydrogen (secondary N) is 1. The van der Waals surface area contributed by atoms with Gasteiger partial charge in [-0.15, -0.1) is 11.8 Å². The molecule has 0 bridgehead atoms. The fourth-order valence-electron chi connectivity index (χ4n) is 2.05. The highest BCUT2D eigenvalue weighted by Gasteiger charge is 2.43. The predicted octanol–water partition coefficient (Wildman–Crippen LogP) is 2.90. The Hall–Kier alpha value is -0.0300. The maximum atomic E-state index is 9.65. The van der Waals surface area contributed by atoms with Crippen LogP contribution in [0.2, 0.25) is 0 Å². The van der Waals surface area contributed by atoms with E-state index in [0.29, 0.717) is 5.92 Å². The average Bonchev–Trinajstić information content (AvgIpc) is 3.18. The third kappa shape index (κ3) is 3.05. The minimum atomic E-state index is -0.111. The van der Waals surface area contributed by atoms with Crippen molar-refractivity contribution in [3.8, 4) is 0 Å². The van der Waals surface area contributed by atoms with Gasteiger partial charge in [-0.2, -0.15) is 0 Å². The molecule has 0 saturated heterocycles. The summed E-state index contributed by atoms with van der Waals surface area (Å²) in [7, 11) is 1.95. The Morgan fingerprint density at radius 3 is 2.71 bits per heavy atom. The minimum Gasteiger partial charge on any atom is -0.394 e. The summed E-state index contributed by atoms with van der Waals surface area (Å²) in [5.41, 5.74) is -0.111. The Morgan fingerprint density at radius 1 is 1.47 bits per heavy atom. The van der Waals surface area contributed by atoms with Crippen LogP contribution in [0.15, 0.2) is 33.6 Å². The molecule has 1 fully saturated rings. The molecule has 0 radical (unpaired) electrons. The van der Waals surface area contributed by atoms with E-state index in [4.69, 9.17) is 0 Å². The van der Waals surface area contributed by atoms with Crippen molar-refractivity contribution in [1.82, 2.24) is 5.32 Å². The quantitative estimate of drug-likeness (QED) is 0.792. The fraction of sp³-hybridized carbons (Fsp3) is 0.538. The molecule has 4 heteroatoms. The zero-order valence-electron chi connectivity index (χ0n) is 9.95. The molecule has 0 amide bonds. The summed E-state index contributed by atoms with van der Waals surface area (Å²) >= 11 is 5.36. The maximum absolute atomic E-state index is 9.65. The smallest absolute Gasteiger partial charge is 0.0624 e. The van der Waals surface area contributed by atoms with Crippen molar-refractivity contribution in [3.63, 3.8) is 0 Å². The van der Waals surface area contributed by atoms with E-state index >= 15 is 0 Å². The van der Waals surface area contributed by atoms with E-state index in [0.717, 1.165) is 10.2 Å². The lowest BCUT2D eigenvalue weighted by molar-refractivity contribution is 0.167. The molecule has 1 atom stereocenters. The van der Waals surface area contributed by atoms with Crippen LogP contribution in [0.1, 0.15) is 12.8 Å². The van der Waals surface area contributed by atoms with E-state index < -0.39 is 0 Å². The van der Waals surface area contributed by atoms with Crippen molar-refractivity contribution in [1.29, 1.82) is 0 Å². The van der Waals surface area contributed by atoms with Crippen LogP contribution in [0.4, 0.5) is 0 Å². The van der Waals surface area contributed by atoms with Gasteiger partial charge in [-0.05, 0) is 53.9 Å². The van der Waals surface area contributed by atoms with E-state index in [-0.39, 0.29) is 12.1 Å². The molecule has 94 valence electrons.